The molecule has 18 heavy (non-hydrogen) atoms. The number of aliphatic carboxylic acids is 2. The van der Waals surface area contributed by atoms with Crippen molar-refractivity contribution >= 4 is 11.9 Å². The Balaban J connectivity index is 0. The van der Waals surface area contributed by atoms with Gasteiger partial charge in [0.15, 0.2) is 0 Å². The average Bonchev–Trinajstić information content (AvgIpc) is 2.26. The van der Waals surface area contributed by atoms with Crippen molar-refractivity contribution in [1.29, 1.82) is 0 Å². The van der Waals surface area contributed by atoms with E-state index in [2.05, 4.69) is 0 Å². The molecule has 0 radical (unpaired) electrons. The van der Waals surface area contributed by atoms with Crippen molar-refractivity contribution < 1.29 is 19.8 Å². The molecule has 108 valence electrons. The van der Waals surface area contributed by atoms with Crippen LogP contribution in [-0.4, -0.2) is 34.2 Å². The van der Waals surface area contributed by atoms with Crippen LogP contribution in [0.5, 0.6) is 0 Å². The average molecular weight is 262 g/mol. The molecule has 0 amide bonds. The van der Waals surface area contributed by atoms with Crippen LogP contribution < -0.4 is 11.5 Å². The molecule has 1 unspecified atom stereocenters. The predicted octanol–water partition coefficient (Wildman–Crippen LogP) is 0.889. The van der Waals surface area contributed by atoms with Gasteiger partial charge in [-0.3, -0.25) is 9.59 Å². The Morgan fingerprint density at radius 3 is 1.61 bits per heavy atom. The first-order valence-electron chi connectivity index (χ1n) is 6.10. The minimum atomic E-state index is -0.913. The molecule has 0 saturated heterocycles. The largest absolute Gasteiger partial charge is 0.480 e. The normalized spacial score (nSPS) is 15.3. The fourth-order valence-electron chi connectivity index (χ4n) is 1.11. The Bertz CT molecular complexity index is 256. The number of hydrogen-bond acceptors (Lipinski definition) is 4. The van der Waals surface area contributed by atoms with Crippen LogP contribution in [0, 0.1) is 11.8 Å². The predicted molar refractivity (Wildman–Crippen MR) is 70.1 cm³/mol. The van der Waals surface area contributed by atoms with Crippen molar-refractivity contribution in [2.24, 2.45) is 23.3 Å². The molecule has 0 aliphatic heterocycles. The Hall–Kier alpha value is -1.14. The summed E-state index contributed by atoms with van der Waals surface area (Å²) < 4.78 is 0. The third kappa shape index (κ3) is 10.0. The number of rotatable bonds is 6. The van der Waals surface area contributed by atoms with E-state index in [1.807, 2.05) is 27.7 Å². The molecular weight excluding hydrogens is 236 g/mol. The number of hydrogen-bond donors (Lipinski definition) is 4. The molecule has 6 N–H and O–H groups in total. The molecule has 0 aromatic rings. The number of carboxylic acids is 2. The summed E-state index contributed by atoms with van der Waals surface area (Å²) in [5, 5.41) is 16.7. The van der Waals surface area contributed by atoms with Crippen molar-refractivity contribution in [3.63, 3.8) is 0 Å². The maximum atomic E-state index is 10.2. The van der Waals surface area contributed by atoms with E-state index in [4.69, 9.17) is 21.7 Å². The summed E-state index contributed by atoms with van der Waals surface area (Å²) in [4.78, 5) is 20.3. The second-order valence-corrected chi connectivity index (χ2v) is 4.82. The molecule has 3 atom stereocenters. The number of carboxylic acid groups (broad SMARTS) is 2. The molecule has 0 heterocycles. The van der Waals surface area contributed by atoms with Gasteiger partial charge in [0.25, 0.3) is 0 Å². The minimum Gasteiger partial charge on any atom is -0.480 e. The smallest absolute Gasteiger partial charge is 0.320 e. The lowest BCUT2D eigenvalue weighted by molar-refractivity contribution is -0.140. The van der Waals surface area contributed by atoms with Crippen molar-refractivity contribution in [3.8, 4) is 0 Å². The van der Waals surface area contributed by atoms with Crippen LogP contribution in [0.15, 0.2) is 0 Å². The second kappa shape index (κ2) is 9.85. The van der Waals surface area contributed by atoms with Gasteiger partial charge in [-0.05, 0) is 18.3 Å². The van der Waals surface area contributed by atoms with Crippen molar-refractivity contribution in [2.75, 3.05) is 0 Å². The zero-order valence-electron chi connectivity index (χ0n) is 11.6. The van der Waals surface area contributed by atoms with E-state index < -0.39 is 24.0 Å². The zero-order valence-corrected chi connectivity index (χ0v) is 11.6. The van der Waals surface area contributed by atoms with E-state index in [1.165, 1.54) is 0 Å². The maximum absolute atomic E-state index is 10.2. The van der Waals surface area contributed by atoms with E-state index in [1.54, 1.807) is 0 Å². The van der Waals surface area contributed by atoms with Crippen LogP contribution in [0.1, 0.15) is 40.5 Å². The Morgan fingerprint density at radius 2 is 1.50 bits per heavy atom. The highest BCUT2D eigenvalue weighted by Gasteiger charge is 2.17. The summed E-state index contributed by atoms with van der Waals surface area (Å²) in [6.45, 7) is 7.65. The summed E-state index contributed by atoms with van der Waals surface area (Å²) in [7, 11) is 0. The van der Waals surface area contributed by atoms with Gasteiger partial charge in [-0.1, -0.05) is 34.1 Å². The lowest BCUT2D eigenvalue weighted by Gasteiger charge is -2.11. The highest BCUT2D eigenvalue weighted by molar-refractivity contribution is 5.73. The van der Waals surface area contributed by atoms with Gasteiger partial charge >= 0.3 is 11.9 Å². The van der Waals surface area contributed by atoms with E-state index in [0.29, 0.717) is 12.3 Å². The van der Waals surface area contributed by atoms with Gasteiger partial charge in [-0.15, -0.1) is 0 Å². The fraction of sp³-hybridized carbons (Fsp3) is 0.833. The van der Waals surface area contributed by atoms with Gasteiger partial charge in [-0.25, -0.2) is 0 Å². The first-order chi connectivity index (χ1) is 8.13. The van der Waals surface area contributed by atoms with E-state index in [-0.39, 0.29) is 5.92 Å². The first kappa shape index (κ1) is 19.2. The second-order valence-electron chi connectivity index (χ2n) is 4.82. The van der Waals surface area contributed by atoms with Crippen LogP contribution in [0.25, 0.3) is 0 Å². The molecule has 0 aliphatic rings. The summed E-state index contributed by atoms with van der Waals surface area (Å²) in [5.41, 5.74) is 10.5. The third-order valence-corrected chi connectivity index (χ3v) is 2.58. The van der Waals surface area contributed by atoms with Crippen molar-refractivity contribution in [1.82, 2.24) is 0 Å². The van der Waals surface area contributed by atoms with Gasteiger partial charge in [-0.2, -0.15) is 0 Å². The van der Waals surface area contributed by atoms with Crippen molar-refractivity contribution in [2.45, 2.75) is 52.6 Å². The third-order valence-electron chi connectivity index (χ3n) is 2.58. The van der Waals surface area contributed by atoms with Gasteiger partial charge in [0, 0.05) is 0 Å². The quantitative estimate of drug-likeness (QED) is 0.563. The summed E-state index contributed by atoms with van der Waals surface area (Å²) in [5.74, 6) is -1.40. The van der Waals surface area contributed by atoms with E-state index in [9.17, 15) is 9.59 Å². The zero-order chi connectivity index (χ0) is 14.9. The van der Waals surface area contributed by atoms with Gasteiger partial charge in [0.1, 0.15) is 12.1 Å². The topological polar surface area (TPSA) is 127 Å². The molecule has 0 fully saturated rings. The Labute approximate surface area is 108 Å². The Morgan fingerprint density at radius 1 is 1.06 bits per heavy atom. The monoisotopic (exact) mass is 262 g/mol. The first-order valence-corrected chi connectivity index (χ1v) is 6.10. The molecule has 6 heteroatoms. The molecular formula is C12H26N2O4. The van der Waals surface area contributed by atoms with Gasteiger partial charge in [0.05, 0.1) is 0 Å². The van der Waals surface area contributed by atoms with Crippen LogP contribution in [-0.2, 0) is 9.59 Å². The standard InChI is InChI=1S/2C6H13NO2/c1-4(2)3-5(7)6(8)9;1-3-4(2)5(7)6(8)9/h2*4-5H,3,7H2,1-2H3,(H,8,9)/t5-;4?,5-/m00/s1. The summed E-state index contributed by atoms with van der Waals surface area (Å²) in [6.07, 6.45) is 1.36. The van der Waals surface area contributed by atoms with Crippen LogP contribution in [0.3, 0.4) is 0 Å². The fourth-order valence-corrected chi connectivity index (χ4v) is 1.11. The molecule has 6 nitrogen and oxygen atoms in total. The van der Waals surface area contributed by atoms with E-state index >= 15 is 0 Å². The highest BCUT2D eigenvalue weighted by atomic mass is 16.4. The van der Waals surface area contributed by atoms with Crippen molar-refractivity contribution in [3.05, 3.63) is 0 Å². The lowest BCUT2D eigenvalue weighted by Crippen LogP contribution is -2.36. The highest BCUT2D eigenvalue weighted by Crippen LogP contribution is 2.04. The Kier molecular flexibility index (Phi) is 10.5. The van der Waals surface area contributed by atoms with Crippen LogP contribution >= 0.6 is 0 Å². The SMILES string of the molecule is CC(C)C[C@H](N)C(=O)O.CCC(C)[C@H](N)C(=O)O. The summed E-state index contributed by atoms with van der Waals surface area (Å²) >= 11 is 0. The molecule has 0 rings (SSSR count). The van der Waals surface area contributed by atoms with Crippen LogP contribution in [0.4, 0.5) is 0 Å². The van der Waals surface area contributed by atoms with Gasteiger partial charge < -0.3 is 21.7 Å². The van der Waals surface area contributed by atoms with Gasteiger partial charge in [0.2, 0.25) is 0 Å². The molecule has 0 aliphatic carbocycles. The number of carbonyl (C=O) groups is 2. The number of nitrogens with two attached hydrogens (primary N) is 2. The van der Waals surface area contributed by atoms with E-state index in [0.717, 1.165) is 6.42 Å². The minimum absolute atomic E-state index is 0.0718. The van der Waals surface area contributed by atoms with Crippen LogP contribution in [0.2, 0.25) is 0 Å². The molecule has 0 bridgehead atoms. The lowest BCUT2D eigenvalue weighted by atomic mass is 10.0. The molecule has 0 saturated carbocycles. The molecule has 0 aromatic carbocycles. The molecule has 0 spiro atoms. The maximum Gasteiger partial charge on any atom is 0.320 e. The summed E-state index contributed by atoms with van der Waals surface area (Å²) in [6, 6.07) is -1.39. The molecule has 0 aromatic heterocycles.